The van der Waals surface area contributed by atoms with Crippen molar-refractivity contribution in [3.63, 3.8) is 0 Å². The van der Waals surface area contributed by atoms with Gasteiger partial charge in [0.15, 0.2) is 0 Å². The molecular formula is C13H21N3O7. The minimum absolute atomic E-state index is 0.00471. The summed E-state index contributed by atoms with van der Waals surface area (Å²) in [4.78, 5) is 45.6. The Balaban J connectivity index is 2.49. The maximum Gasteiger partial charge on any atom is 0.326 e. The van der Waals surface area contributed by atoms with Crippen molar-refractivity contribution in [1.82, 2.24) is 10.2 Å². The van der Waals surface area contributed by atoms with Gasteiger partial charge in [-0.2, -0.15) is 0 Å². The zero-order valence-corrected chi connectivity index (χ0v) is 12.5. The van der Waals surface area contributed by atoms with Crippen LogP contribution < -0.4 is 11.1 Å². The van der Waals surface area contributed by atoms with Crippen molar-refractivity contribution < 1.29 is 34.5 Å². The Bertz CT molecular complexity index is 482. The average molecular weight is 331 g/mol. The van der Waals surface area contributed by atoms with E-state index in [2.05, 4.69) is 5.32 Å². The van der Waals surface area contributed by atoms with Crippen LogP contribution in [0.2, 0.25) is 0 Å². The quantitative estimate of drug-likeness (QED) is 0.313. The molecule has 0 unspecified atom stereocenters. The molecule has 6 N–H and O–H groups in total. The van der Waals surface area contributed by atoms with Gasteiger partial charge in [0, 0.05) is 13.0 Å². The number of aliphatic carboxylic acids is 3. The molecule has 0 saturated carbocycles. The molecule has 0 bridgehead atoms. The standard InChI is InChI=1S/C13H21N3O7/c14-7(11(18)19)3-5-15-8(12(20)21)4-6-16-9(13(22)23)1-2-10(16)17/h7-9,15H,1-6,14H2,(H,18,19)(H,20,21)(H,22,23)/t7-,8-,9-/m0/s1. The number of nitrogens with zero attached hydrogens (tertiary/aromatic N) is 1. The molecule has 10 nitrogen and oxygen atoms in total. The van der Waals surface area contributed by atoms with Gasteiger partial charge in [-0.1, -0.05) is 0 Å². The van der Waals surface area contributed by atoms with Crippen molar-refractivity contribution in [3.8, 4) is 0 Å². The molecule has 23 heavy (non-hydrogen) atoms. The third kappa shape index (κ3) is 5.49. The first-order valence-electron chi connectivity index (χ1n) is 7.21. The van der Waals surface area contributed by atoms with Crippen LogP contribution in [0.1, 0.15) is 25.7 Å². The SMILES string of the molecule is N[C@@H](CCN[C@@H](CCN1C(=O)CC[C@H]1C(=O)O)C(=O)O)C(=O)O. The molecule has 1 saturated heterocycles. The van der Waals surface area contributed by atoms with Crippen LogP contribution in [0.5, 0.6) is 0 Å². The molecule has 1 heterocycles. The molecular weight excluding hydrogens is 310 g/mol. The Morgan fingerprint density at radius 2 is 1.87 bits per heavy atom. The second kappa shape index (κ2) is 8.44. The van der Waals surface area contributed by atoms with Crippen molar-refractivity contribution in [2.45, 2.75) is 43.8 Å². The first-order valence-corrected chi connectivity index (χ1v) is 7.21. The number of carbonyl (C=O) groups is 4. The van der Waals surface area contributed by atoms with Gasteiger partial charge >= 0.3 is 17.9 Å². The average Bonchev–Trinajstić information content (AvgIpc) is 2.83. The molecule has 10 heteroatoms. The minimum Gasteiger partial charge on any atom is -0.480 e. The number of carboxylic acids is 3. The van der Waals surface area contributed by atoms with E-state index in [9.17, 15) is 19.2 Å². The topological polar surface area (TPSA) is 170 Å². The molecule has 3 atom stereocenters. The highest BCUT2D eigenvalue weighted by molar-refractivity contribution is 5.87. The molecule has 0 aromatic carbocycles. The van der Waals surface area contributed by atoms with E-state index in [-0.39, 0.29) is 44.7 Å². The third-order valence-corrected chi connectivity index (χ3v) is 3.73. The number of hydrogen-bond acceptors (Lipinski definition) is 6. The summed E-state index contributed by atoms with van der Waals surface area (Å²) in [6, 6.07) is -3.02. The summed E-state index contributed by atoms with van der Waals surface area (Å²) >= 11 is 0. The second-order valence-corrected chi connectivity index (χ2v) is 5.35. The van der Waals surface area contributed by atoms with Gasteiger partial charge in [0.25, 0.3) is 0 Å². The molecule has 0 spiro atoms. The van der Waals surface area contributed by atoms with Gasteiger partial charge in [-0.05, 0) is 25.8 Å². The second-order valence-electron chi connectivity index (χ2n) is 5.35. The highest BCUT2D eigenvalue weighted by Crippen LogP contribution is 2.19. The van der Waals surface area contributed by atoms with Crippen LogP contribution in [0.25, 0.3) is 0 Å². The summed E-state index contributed by atoms with van der Waals surface area (Å²) in [6.45, 7) is 0.0888. The predicted octanol–water partition coefficient (Wildman–Crippen LogP) is -1.70. The van der Waals surface area contributed by atoms with E-state index >= 15 is 0 Å². The van der Waals surface area contributed by atoms with Crippen LogP contribution in [-0.4, -0.2) is 75.2 Å². The number of nitrogens with one attached hydrogen (secondary N) is 1. The lowest BCUT2D eigenvalue weighted by molar-refractivity contribution is -0.146. The fourth-order valence-corrected chi connectivity index (χ4v) is 2.39. The van der Waals surface area contributed by atoms with Gasteiger partial charge in [-0.3, -0.25) is 14.4 Å². The normalized spacial score (nSPS) is 20.3. The van der Waals surface area contributed by atoms with E-state index in [4.69, 9.17) is 21.1 Å². The number of likely N-dealkylation sites (tertiary alicyclic amines) is 1. The number of carbonyl (C=O) groups excluding carboxylic acids is 1. The first-order chi connectivity index (χ1) is 10.7. The molecule has 0 radical (unpaired) electrons. The Kier molecular flexibility index (Phi) is 6.91. The number of rotatable bonds is 10. The van der Waals surface area contributed by atoms with Gasteiger partial charge in [-0.15, -0.1) is 0 Å². The maximum atomic E-state index is 11.7. The van der Waals surface area contributed by atoms with Crippen molar-refractivity contribution in [2.24, 2.45) is 5.73 Å². The van der Waals surface area contributed by atoms with Crippen molar-refractivity contribution in [2.75, 3.05) is 13.1 Å². The predicted molar refractivity (Wildman–Crippen MR) is 76.6 cm³/mol. The van der Waals surface area contributed by atoms with Crippen LogP contribution >= 0.6 is 0 Å². The Hall–Kier alpha value is -2.20. The van der Waals surface area contributed by atoms with Gasteiger partial charge in [0.05, 0.1) is 0 Å². The summed E-state index contributed by atoms with van der Waals surface area (Å²) in [5, 5.41) is 29.5. The van der Waals surface area contributed by atoms with Gasteiger partial charge in [0.1, 0.15) is 18.1 Å². The van der Waals surface area contributed by atoms with Gasteiger partial charge in [0.2, 0.25) is 5.91 Å². The molecule has 0 aromatic rings. The lowest BCUT2D eigenvalue weighted by Crippen LogP contribution is -2.45. The fourth-order valence-electron chi connectivity index (χ4n) is 2.39. The summed E-state index contributed by atoms with van der Waals surface area (Å²) < 4.78 is 0. The molecule has 130 valence electrons. The van der Waals surface area contributed by atoms with E-state index in [0.717, 1.165) is 0 Å². The van der Waals surface area contributed by atoms with E-state index < -0.39 is 36.0 Å². The molecule has 1 fully saturated rings. The smallest absolute Gasteiger partial charge is 0.326 e. The third-order valence-electron chi connectivity index (χ3n) is 3.73. The van der Waals surface area contributed by atoms with Crippen LogP contribution in [0.15, 0.2) is 0 Å². The van der Waals surface area contributed by atoms with E-state index in [1.165, 1.54) is 4.90 Å². The van der Waals surface area contributed by atoms with Crippen LogP contribution in [0.3, 0.4) is 0 Å². The molecule has 1 aliphatic rings. The first kappa shape index (κ1) is 18.8. The van der Waals surface area contributed by atoms with Gasteiger partial charge < -0.3 is 31.3 Å². The number of amides is 1. The fraction of sp³-hybridized carbons (Fsp3) is 0.692. The summed E-state index contributed by atoms with van der Waals surface area (Å²) in [5.74, 6) is -3.75. The van der Waals surface area contributed by atoms with Crippen molar-refractivity contribution in [3.05, 3.63) is 0 Å². The molecule has 1 rings (SSSR count). The Morgan fingerprint density at radius 3 is 2.39 bits per heavy atom. The molecule has 1 aliphatic heterocycles. The summed E-state index contributed by atoms with van der Waals surface area (Å²) in [7, 11) is 0. The summed E-state index contributed by atoms with van der Waals surface area (Å²) in [5.41, 5.74) is 5.32. The lowest BCUT2D eigenvalue weighted by Gasteiger charge is -2.24. The minimum atomic E-state index is -1.18. The zero-order valence-electron chi connectivity index (χ0n) is 12.5. The maximum absolute atomic E-state index is 11.7. The van der Waals surface area contributed by atoms with Crippen molar-refractivity contribution >= 4 is 23.8 Å². The molecule has 0 aliphatic carbocycles. The largest absolute Gasteiger partial charge is 0.480 e. The monoisotopic (exact) mass is 331 g/mol. The highest BCUT2D eigenvalue weighted by Gasteiger charge is 2.36. The molecule has 0 aromatic heterocycles. The van der Waals surface area contributed by atoms with E-state index in [1.807, 2.05) is 0 Å². The lowest BCUT2D eigenvalue weighted by atomic mass is 10.1. The van der Waals surface area contributed by atoms with Crippen molar-refractivity contribution in [1.29, 1.82) is 0 Å². The Labute approximate surface area is 132 Å². The van der Waals surface area contributed by atoms with Crippen LogP contribution in [0.4, 0.5) is 0 Å². The van der Waals surface area contributed by atoms with Gasteiger partial charge in [-0.25, -0.2) is 4.79 Å². The highest BCUT2D eigenvalue weighted by atomic mass is 16.4. The number of hydrogen-bond donors (Lipinski definition) is 5. The van der Waals surface area contributed by atoms with E-state index in [0.29, 0.717) is 0 Å². The summed E-state index contributed by atoms with van der Waals surface area (Å²) in [6.07, 6.45) is 0.426. The zero-order chi connectivity index (χ0) is 17.6. The number of carboxylic acid groups (broad SMARTS) is 3. The number of nitrogens with two attached hydrogens (primary N) is 1. The van der Waals surface area contributed by atoms with Crippen LogP contribution in [0, 0.1) is 0 Å². The Morgan fingerprint density at radius 1 is 1.22 bits per heavy atom. The molecule has 1 amide bonds. The van der Waals surface area contributed by atoms with E-state index in [1.54, 1.807) is 0 Å². The van der Waals surface area contributed by atoms with Crippen LogP contribution in [-0.2, 0) is 19.2 Å².